The van der Waals surface area contributed by atoms with E-state index in [1.54, 1.807) is 0 Å². The third-order valence-electron chi connectivity index (χ3n) is 1.34. The molecule has 0 aliphatic rings. The van der Waals surface area contributed by atoms with Crippen molar-refractivity contribution in [3.8, 4) is 0 Å². The van der Waals surface area contributed by atoms with E-state index in [4.69, 9.17) is 14.2 Å². The van der Waals surface area contributed by atoms with Crippen LogP contribution in [0.5, 0.6) is 0 Å². The van der Waals surface area contributed by atoms with Crippen LogP contribution in [-0.2, 0) is 40.7 Å². The molecule has 94 valence electrons. The van der Waals surface area contributed by atoms with Crippen molar-refractivity contribution in [1.82, 2.24) is 0 Å². The third kappa shape index (κ3) is 7.52. The Bertz CT molecular complexity index is 166. The van der Waals surface area contributed by atoms with Crippen LogP contribution in [0.2, 0.25) is 0 Å². The van der Waals surface area contributed by atoms with Crippen molar-refractivity contribution < 1.29 is 40.7 Å². The second-order valence-electron chi connectivity index (χ2n) is 4.22. The Hall–Kier alpha value is 0.264. The SMILES string of the molecule is CC(C)OC(C=O)(OC(C)C)OC(C)C.[Ti]. The minimum atomic E-state index is -1.57. The molecule has 0 aliphatic heterocycles. The number of carbonyl (C=O) groups excluding carboxylic acids is 1. The summed E-state index contributed by atoms with van der Waals surface area (Å²) in [5.41, 5.74) is 0. The molecule has 16 heavy (non-hydrogen) atoms. The van der Waals surface area contributed by atoms with Gasteiger partial charge in [0.15, 0.2) is 0 Å². The van der Waals surface area contributed by atoms with Gasteiger partial charge in [-0.25, -0.2) is 0 Å². The quantitative estimate of drug-likeness (QED) is 0.402. The van der Waals surface area contributed by atoms with E-state index in [0.717, 1.165) is 0 Å². The first-order chi connectivity index (χ1) is 6.81. The molecule has 0 N–H and O–H groups in total. The van der Waals surface area contributed by atoms with Gasteiger partial charge in [0.2, 0.25) is 6.29 Å². The van der Waals surface area contributed by atoms with Crippen LogP contribution in [0.1, 0.15) is 41.5 Å². The molecule has 0 bridgehead atoms. The predicted octanol–water partition coefficient (Wildman–Crippen LogP) is 2.11. The molecule has 0 aromatic heterocycles. The number of hydrogen-bond donors (Lipinski definition) is 0. The average molecular weight is 266 g/mol. The summed E-state index contributed by atoms with van der Waals surface area (Å²) in [6.45, 7) is 11.0. The number of hydrogen-bond acceptors (Lipinski definition) is 4. The van der Waals surface area contributed by atoms with Gasteiger partial charge in [0.1, 0.15) is 0 Å². The van der Waals surface area contributed by atoms with Gasteiger partial charge in [-0.2, -0.15) is 0 Å². The fourth-order valence-electron chi connectivity index (χ4n) is 1.15. The number of ether oxygens (including phenoxy) is 3. The maximum atomic E-state index is 11.1. The van der Waals surface area contributed by atoms with Crippen molar-refractivity contribution in [1.29, 1.82) is 0 Å². The summed E-state index contributed by atoms with van der Waals surface area (Å²) in [4.78, 5) is 11.1. The smallest absolute Gasteiger partial charge is 0.319 e. The van der Waals surface area contributed by atoms with E-state index in [2.05, 4.69) is 0 Å². The van der Waals surface area contributed by atoms with Gasteiger partial charge in [-0.1, -0.05) is 0 Å². The molecule has 0 fully saturated rings. The molecule has 0 heterocycles. The molecular weight excluding hydrogens is 244 g/mol. The van der Waals surface area contributed by atoms with Crippen LogP contribution in [0.4, 0.5) is 0 Å². The zero-order valence-corrected chi connectivity index (χ0v) is 12.5. The van der Waals surface area contributed by atoms with Gasteiger partial charge in [0.25, 0.3) is 0 Å². The normalized spacial score (nSPS) is 12.1. The Morgan fingerprint density at radius 2 is 1.06 bits per heavy atom. The molecule has 0 atom stereocenters. The molecule has 0 radical (unpaired) electrons. The van der Waals surface area contributed by atoms with Gasteiger partial charge in [-0.15, -0.1) is 0 Å². The molecule has 4 nitrogen and oxygen atoms in total. The van der Waals surface area contributed by atoms with Crippen LogP contribution in [0.25, 0.3) is 0 Å². The van der Waals surface area contributed by atoms with Gasteiger partial charge in [0.05, 0.1) is 18.3 Å². The first-order valence-corrected chi connectivity index (χ1v) is 5.31. The van der Waals surface area contributed by atoms with Gasteiger partial charge in [0, 0.05) is 21.7 Å². The molecule has 0 spiro atoms. The number of rotatable bonds is 7. The Morgan fingerprint density at radius 3 is 1.19 bits per heavy atom. The van der Waals surface area contributed by atoms with Crippen LogP contribution in [0.15, 0.2) is 0 Å². The maximum absolute atomic E-state index is 11.1. The van der Waals surface area contributed by atoms with Crippen LogP contribution in [0.3, 0.4) is 0 Å². The minimum absolute atomic E-state index is 0. The van der Waals surface area contributed by atoms with Gasteiger partial charge in [-0.05, 0) is 41.5 Å². The van der Waals surface area contributed by atoms with E-state index in [1.807, 2.05) is 41.5 Å². The Kier molecular flexibility index (Phi) is 9.74. The average Bonchev–Trinajstić information content (AvgIpc) is 1.99. The molecule has 0 saturated carbocycles. The third-order valence-corrected chi connectivity index (χ3v) is 1.34. The van der Waals surface area contributed by atoms with E-state index in [1.165, 1.54) is 0 Å². The molecule has 0 aliphatic carbocycles. The van der Waals surface area contributed by atoms with Crippen molar-refractivity contribution in [2.24, 2.45) is 0 Å². The molecule has 0 unspecified atom stereocenters. The number of aldehydes is 1. The Balaban J connectivity index is 0. The van der Waals surface area contributed by atoms with E-state index >= 15 is 0 Å². The van der Waals surface area contributed by atoms with Crippen molar-refractivity contribution >= 4 is 6.29 Å². The first kappa shape index (κ1) is 18.6. The summed E-state index contributed by atoms with van der Waals surface area (Å²) < 4.78 is 16.2. The van der Waals surface area contributed by atoms with Crippen LogP contribution in [-0.4, -0.2) is 30.6 Å². The second kappa shape index (κ2) is 8.37. The summed E-state index contributed by atoms with van der Waals surface area (Å²) in [5, 5.41) is 0. The molecule has 0 aromatic rings. The van der Waals surface area contributed by atoms with Gasteiger partial charge in [-0.3, -0.25) is 4.79 Å². The molecule has 0 amide bonds. The van der Waals surface area contributed by atoms with Crippen molar-refractivity contribution in [2.45, 2.75) is 65.8 Å². The van der Waals surface area contributed by atoms with E-state index in [0.29, 0.717) is 6.29 Å². The monoisotopic (exact) mass is 266 g/mol. The number of carbonyl (C=O) groups is 1. The summed E-state index contributed by atoms with van der Waals surface area (Å²) in [7, 11) is 0. The second-order valence-corrected chi connectivity index (χ2v) is 4.22. The zero-order chi connectivity index (χ0) is 12.1. The Labute approximate surface area is 113 Å². The molecule has 5 heteroatoms. The fourth-order valence-corrected chi connectivity index (χ4v) is 1.15. The van der Waals surface area contributed by atoms with Gasteiger partial charge < -0.3 is 14.2 Å². The first-order valence-electron chi connectivity index (χ1n) is 5.31. The summed E-state index contributed by atoms with van der Waals surface area (Å²) in [6, 6.07) is 0. The van der Waals surface area contributed by atoms with Crippen LogP contribution < -0.4 is 0 Å². The molecule has 0 rings (SSSR count). The molecule has 0 saturated heterocycles. The van der Waals surface area contributed by atoms with Crippen molar-refractivity contribution in [3.63, 3.8) is 0 Å². The van der Waals surface area contributed by atoms with E-state index < -0.39 is 5.97 Å². The van der Waals surface area contributed by atoms with E-state index in [-0.39, 0.29) is 40.0 Å². The zero-order valence-electron chi connectivity index (χ0n) is 10.9. The standard InChI is InChI=1S/C11H22O4.Ti/c1-8(2)13-11(7-12,14-9(3)4)15-10(5)6;/h7-10H,1-6H3;. The van der Waals surface area contributed by atoms with Crippen molar-refractivity contribution in [2.75, 3.05) is 0 Å². The summed E-state index contributed by atoms with van der Waals surface area (Å²) >= 11 is 0. The van der Waals surface area contributed by atoms with E-state index in [9.17, 15) is 4.79 Å². The summed E-state index contributed by atoms with van der Waals surface area (Å²) in [5.74, 6) is -1.57. The Morgan fingerprint density at radius 1 is 0.812 bits per heavy atom. The van der Waals surface area contributed by atoms with Crippen molar-refractivity contribution in [3.05, 3.63) is 0 Å². The largest absolute Gasteiger partial charge is 0.344 e. The maximum Gasteiger partial charge on any atom is 0.344 e. The fraction of sp³-hybridized carbons (Fsp3) is 0.909. The van der Waals surface area contributed by atoms with Crippen LogP contribution >= 0.6 is 0 Å². The molecular formula is C11H22O4Ti. The van der Waals surface area contributed by atoms with Crippen LogP contribution in [0, 0.1) is 0 Å². The predicted molar refractivity (Wildman–Crippen MR) is 57.5 cm³/mol. The molecule has 0 aromatic carbocycles. The minimum Gasteiger partial charge on any atom is -0.319 e. The van der Waals surface area contributed by atoms with Gasteiger partial charge >= 0.3 is 5.97 Å². The summed E-state index contributed by atoms with van der Waals surface area (Å²) in [6.07, 6.45) is 0.126. The topological polar surface area (TPSA) is 44.8 Å².